The van der Waals surface area contributed by atoms with Crippen molar-refractivity contribution in [2.75, 3.05) is 19.5 Å². The molecular formula is C25H21FN4O5. The van der Waals surface area contributed by atoms with Crippen molar-refractivity contribution in [1.29, 1.82) is 0 Å². The van der Waals surface area contributed by atoms with Crippen LogP contribution in [0.4, 0.5) is 10.1 Å². The summed E-state index contributed by atoms with van der Waals surface area (Å²) in [5.74, 6) is -0.322. The molecule has 0 aliphatic rings. The summed E-state index contributed by atoms with van der Waals surface area (Å²) < 4.78 is 25.6. The zero-order valence-electron chi connectivity index (χ0n) is 18.9. The number of anilines is 1. The third-order valence-electron chi connectivity index (χ3n) is 5.15. The van der Waals surface area contributed by atoms with Crippen molar-refractivity contribution < 1.29 is 18.7 Å². The van der Waals surface area contributed by atoms with Gasteiger partial charge in [0, 0.05) is 11.8 Å². The van der Waals surface area contributed by atoms with Crippen molar-refractivity contribution in [2.45, 2.75) is 6.54 Å². The molecule has 0 radical (unpaired) electrons. The third-order valence-corrected chi connectivity index (χ3v) is 5.15. The van der Waals surface area contributed by atoms with Crippen molar-refractivity contribution in [1.82, 2.24) is 14.3 Å². The molecule has 0 fully saturated rings. The minimum Gasteiger partial charge on any atom is -0.497 e. The maximum absolute atomic E-state index is 13.3. The molecule has 0 saturated carbocycles. The van der Waals surface area contributed by atoms with Gasteiger partial charge in [-0.25, -0.2) is 9.18 Å². The lowest BCUT2D eigenvalue weighted by Crippen LogP contribution is -2.45. The Labute approximate surface area is 199 Å². The maximum atomic E-state index is 13.3. The number of hydrogen-bond acceptors (Lipinski definition) is 6. The van der Waals surface area contributed by atoms with Crippen LogP contribution in [0.3, 0.4) is 0 Å². The molecule has 1 aromatic heterocycles. The summed E-state index contributed by atoms with van der Waals surface area (Å²) in [7, 11) is 2.98. The van der Waals surface area contributed by atoms with E-state index >= 15 is 0 Å². The van der Waals surface area contributed by atoms with E-state index in [1.54, 1.807) is 48.5 Å². The van der Waals surface area contributed by atoms with Crippen LogP contribution in [0, 0.1) is 5.82 Å². The first-order valence-corrected chi connectivity index (χ1v) is 10.5. The normalized spacial score (nSPS) is 10.6. The van der Waals surface area contributed by atoms with Crippen molar-refractivity contribution in [2.24, 2.45) is 0 Å². The van der Waals surface area contributed by atoms with Crippen LogP contribution >= 0.6 is 0 Å². The molecule has 35 heavy (non-hydrogen) atoms. The Morgan fingerprint density at radius 2 is 1.60 bits per heavy atom. The molecule has 1 N–H and O–H groups in total. The molecule has 4 rings (SSSR count). The van der Waals surface area contributed by atoms with Crippen LogP contribution in [0.25, 0.3) is 5.69 Å². The van der Waals surface area contributed by atoms with Gasteiger partial charge in [0.05, 0.1) is 26.5 Å². The first-order chi connectivity index (χ1) is 16.9. The topological polar surface area (TPSA) is 104 Å². The number of carbonyl (C=O) groups is 1. The lowest BCUT2D eigenvalue weighted by Gasteiger charge is -2.13. The van der Waals surface area contributed by atoms with Crippen LogP contribution < -0.4 is 26.0 Å². The Kier molecular flexibility index (Phi) is 6.72. The molecule has 10 heteroatoms. The van der Waals surface area contributed by atoms with Crippen molar-refractivity contribution >= 4 is 11.6 Å². The van der Waals surface area contributed by atoms with Gasteiger partial charge in [-0.05, 0) is 54.1 Å². The minimum absolute atomic E-state index is 0.127. The van der Waals surface area contributed by atoms with E-state index in [0.29, 0.717) is 22.7 Å². The third kappa shape index (κ3) is 5.11. The number of methoxy groups -OCH3 is 2. The summed E-state index contributed by atoms with van der Waals surface area (Å²) in [5.41, 5.74) is -0.974. The van der Waals surface area contributed by atoms with E-state index < -0.39 is 28.7 Å². The number of nitrogens with one attached hydrogen (secondary N) is 1. The van der Waals surface area contributed by atoms with Crippen LogP contribution in [0.15, 0.2) is 82.4 Å². The number of benzene rings is 3. The second-order valence-electron chi connectivity index (χ2n) is 7.45. The molecule has 0 unspecified atom stereocenters. The fourth-order valence-corrected chi connectivity index (χ4v) is 3.38. The molecule has 0 bridgehead atoms. The molecule has 1 amide bonds. The van der Waals surface area contributed by atoms with Crippen LogP contribution in [-0.4, -0.2) is 34.5 Å². The maximum Gasteiger partial charge on any atom is 0.352 e. The van der Waals surface area contributed by atoms with E-state index in [1.165, 1.54) is 38.5 Å². The number of aromatic nitrogens is 3. The Hall–Kier alpha value is -4.73. The molecule has 0 aliphatic carbocycles. The molecule has 0 saturated heterocycles. The van der Waals surface area contributed by atoms with E-state index in [2.05, 4.69) is 10.4 Å². The van der Waals surface area contributed by atoms with Crippen molar-refractivity contribution in [3.05, 3.63) is 111 Å². The molecule has 4 aromatic rings. The summed E-state index contributed by atoms with van der Waals surface area (Å²) in [4.78, 5) is 39.6. The Morgan fingerprint density at radius 1 is 0.943 bits per heavy atom. The Bertz CT molecular complexity index is 1500. The lowest BCUT2D eigenvalue weighted by molar-refractivity contribution is 0.101. The predicted octanol–water partition coefficient (Wildman–Crippen LogP) is 2.85. The molecule has 0 spiro atoms. The van der Waals surface area contributed by atoms with Crippen LogP contribution in [0.2, 0.25) is 0 Å². The molecular weight excluding hydrogens is 455 g/mol. The van der Waals surface area contributed by atoms with Gasteiger partial charge in [-0.2, -0.15) is 9.78 Å². The van der Waals surface area contributed by atoms with E-state index in [1.807, 2.05) is 0 Å². The van der Waals surface area contributed by atoms with Crippen molar-refractivity contribution in [3.8, 4) is 17.2 Å². The zero-order valence-corrected chi connectivity index (χ0v) is 18.9. The average molecular weight is 476 g/mol. The summed E-state index contributed by atoms with van der Waals surface area (Å²) in [5, 5.41) is 6.59. The summed E-state index contributed by atoms with van der Waals surface area (Å²) >= 11 is 0. The molecule has 0 atom stereocenters. The number of carbonyl (C=O) groups excluding carboxylic acids is 1. The zero-order chi connectivity index (χ0) is 24.9. The Morgan fingerprint density at radius 3 is 2.29 bits per heavy atom. The molecule has 178 valence electrons. The SMILES string of the molecule is COc1cccc(Cn2c(=O)c(C(=O)Nc3ccc(F)cc3)nn(-c3cccc(OC)c3)c2=O)c1. The van der Waals surface area contributed by atoms with Gasteiger partial charge in [-0.1, -0.05) is 18.2 Å². The highest BCUT2D eigenvalue weighted by Gasteiger charge is 2.21. The van der Waals surface area contributed by atoms with Crippen LogP contribution in [0.5, 0.6) is 11.5 Å². The van der Waals surface area contributed by atoms with Gasteiger partial charge >= 0.3 is 5.69 Å². The second-order valence-corrected chi connectivity index (χ2v) is 7.45. The molecule has 9 nitrogen and oxygen atoms in total. The van der Waals surface area contributed by atoms with E-state index in [-0.39, 0.29) is 12.2 Å². The van der Waals surface area contributed by atoms with E-state index in [4.69, 9.17) is 9.47 Å². The van der Waals surface area contributed by atoms with Crippen LogP contribution in [-0.2, 0) is 6.54 Å². The van der Waals surface area contributed by atoms with E-state index in [9.17, 15) is 18.8 Å². The molecule has 0 aliphatic heterocycles. The quantitative estimate of drug-likeness (QED) is 0.440. The summed E-state index contributed by atoms with van der Waals surface area (Å²) in [6.07, 6.45) is 0. The number of hydrogen-bond donors (Lipinski definition) is 1. The van der Waals surface area contributed by atoms with E-state index in [0.717, 1.165) is 9.25 Å². The van der Waals surface area contributed by atoms with Crippen LogP contribution in [0.1, 0.15) is 16.1 Å². The van der Waals surface area contributed by atoms with Gasteiger partial charge in [0.1, 0.15) is 17.3 Å². The number of ether oxygens (including phenoxy) is 2. The highest BCUT2D eigenvalue weighted by molar-refractivity contribution is 6.02. The highest BCUT2D eigenvalue weighted by Crippen LogP contribution is 2.16. The summed E-state index contributed by atoms with van der Waals surface area (Å²) in [6, 6.07) is 18.4. The number of rotatable bonds is 7. The highest BCUT2D eigenvalue weighted by atomic mass is 19.1. The smallest absolute Gasteiger partial charge is 0.352 e. The van der Waals surface area contributed by atoms with Gasteiger partial charge in [0.25, 0.3) is 11.5 Å². The first kappa shape index (κ1) is 23.4. The van der Waals surface area contributed by atoms with Gasteiger partial charge in [-0.3, -0.25) is 14.2 Å². The standard InChI is InChI=1S/C25H21FN4O5/c1-34-20-7-3-5-16(13-20)15-29-24(32)22(23(31)27-18-11-9-17(26)10-12-18)28-30(25(29)33)19-6-4-8-21(14-19)35-2/h3-14H,15H2,1-2H3,(H,27,31). The number of amides is 1. The predicted molar refractivity (Wildman–Crippen MR) is 127 cm³/mol. The minimum atomic E-state index is -0.878. The number of halogens is 1. The largest absolute Gasteiger partial charge is 0.497 e. The first-order valence-electron chi connectivity index (χ1n) is 10.5. The lowest BCUT2D eigenvalue weighted by atomic mass is 10.2. The van der Waals surface area contributed by atoms with Crippen molar-refractivity contribution in [3.63, 3.8) is 0 Å². The summed E-state index contributed by atoms with van der Waals surface area (Å²) in [6.45, 7) is -0.127. The molecule has 1 heterocycles. The average Bonchev–Trinajstić information content (AvgIpc) is 2.88. The second kappa shape index (κ2) is 10.0. The van der Waals surface area contributed by atoms with Gasteiger partial charge in [0.15, 0.2) is 0 Å². The molecule has 3 aromatic carbocycles. The fraction of sp³-hybridized carbons (Fsp3) is 0.120. The fourth-order valence-electron chi connectivity index (χ4n) is 3.38. The van der Waals surface area contributed by atoms with Gasteiger partial charge in [-0.15, -0.1) is 0 Å². The monoisotopic (exact) mass is 476 g/mol. The van der Waals surface area contributed by atoms with Gasteiger partial charge < -0.3 is 14.8 Å². The van der Waals surface area contributed by atoms with Gasteiger partial charge in [0.2, 0.25) is 5.69 Å². The Balaban J connectivity index is 1.85. The number of nitrogens with zero attached hydrogens (tertiary/aromatic N) is 3.